The summed E-state index contributed by atoms with van der Waals surface area (Å²) >= 11 is 2.89. The largest absolute Gasteiger partial charge is 0.353 e. The van der Waals surface area contributed by atoms with Gasteiger partial charge in [-0.05, 0) is 25.3 Å². The van der Waals surface area contributed by atoms with Gasteiger partial charge in [-0.2, -0.15) is 0 Å². The van der Waals surface area contributed by atoms with Crippen LogP contribution in [-0.4, -0.2) is 27.3 Å². The van der Waals surface area contributed by atoms with Crippen molar-refractivity contribution in [1.82, 2.24) is 14.9 Å². The average molecular weight is 420 g/mol. The van der Waals surface area contributed by atoms with Crippen LogP contribution >= 0.6 is 23.1 Å². The lowest BCUT2D eigenvalue weighted by molar-refractivity contribution is -0.119. The molecule has 1 saturated carbocycles. The first-order chi connectivity index (χ1) is 13.6. The van der Waals surface area contributed by atoms with Crippen LogP contribution in [0.2, 0.25) is 0 Å². The van der Waals surface area contributed by atoms with E-state index in [1.54, 1.807) is 22.0 Å². The van der Waals surface area contributed by atoms with Gasteiger partial charge in [-0.1, -0.05) is 56.9 Å². The predicted octanol–water partition coefficient (Wildman–Crippen LogP) is 4.53. The standard InChI is InChI=1S/C21H29N3O2S2/c1-3-12-24-20(26)17-13-16(4-2)28-19(17)23-21(24)27-14-18(25)22-15-10-8-6-5-7-9-11-15/h3,13,15H,1,4-12,14H2,2H3,(H,22,25). The Bertz CT molecular complexity index is 880. The average Bonchev–Trinajstić information content (AvgIpc) is 3.08. The minimum Gasteiger partial charge on any atom is -0.353 e. The normalized spacial score (nSPS) is 15.9. The van der Waals surface area contributed by atoms with Crippen LogP contribution in [0.25, 0.3) is 10.2 Å². The molecule has 1 amide bonds. The van der Waals surface area contributed by atoms with E-state index < -0.39 is 0 Å². The molecule has 7 heteroatoms. The summed E-state index contributed by atoms with van der Waals surface area (Å²) in [5.41, 5.74) is -0.0521. The van der Waals surface area contributed by atoms with Gasteiger partial charge in [-0.25, -0.2) is 4.98 Å². The van der Waals surface area contributed by atoms with Crippen LogP contribution in [0.4, 0.5) is 0 Å². The molecular formula is C21H29N3O2S2. The summed E-state index contributed by atoms with van der Waals surface area (Å²) in [5, 5.41) is 4.43. The Hall–Kier alpha value is -1.60. The number of thioether (sulfide) groups is 1. The zero-order chi connectivity index (χ0) is 19.9. The quantitative estimate of drug-likeness (QED) is 0.407. The second-order valence-corrected chi connectivity index (χ2v) is 9.34. The molecule has 0 aromatic carbocycles. The fourth-order valence-electron chi connectivity index (χ4n) is 3.62. The van der Waals surface area contributed by atoms with Gasteiger partial charge in [0.15, 0.2) is 5.16 Å². The zero-order valence-corrected chi connectivity index (χ0v) is 18.2. The summed E-state index contributed by atoms with van der Waals surface area (Å²) in [6.07, 6.45) is 10.9. The number of carbonyl (C=O) groups excluding carboxylic acids is 1. The Morgan fingerprint density at radius 1 is 1.36 bits per heavy atom. The third-order valence-electron chi connectivity index (χ3n) is 5.13. The third-order valence-corrected chi connectivity index (χ3v) is 7.28. The first-order valence-electron chi connectivity index (χ1n) is 10.2. The summed E-state index contributed by atoms with van der Waals surface area (Å²) in [4.78, 5) is 31.9. The van der Waals surface area contributed by atoms with Crippen molar-refractivity contribution in [3.05, 3.63) is 34.0 Å². The maximum absolute atomic E-state index is 12.9. The number of carbonyl (C=O) groups is 1. The number of nitrogens with one attached hydrogen (secondary N) is 1. The Morgan fingerprint density at radius 3 is 2.75 bits per heavy atom. The van der Waals surface area contributed by atoms with Crippen LogP contribution in [0, 0.1) is 0 Å². The van der Waals surface area contributed by atoms with Crippen LogP contribution in [0.1, 0.15) is 56.7 Å². The van der Waals surface area contributed by atoms with Crippen molar-refractivity contribution in [3.8, 4) is 0 Å². The Morgan fingerprint density at radius 2 is 2.07 bits per heavy atom. The number of aromatic nitrogens is 2. The van der Waals surface area contributed by atoms with E-state index >= 15 is 0 Å². The molecule has 0 saturated heterocycles. The van der Waals surface area contributed by atoms with Gasteiger partial charge in [0.05, 0.1) is 11.1 Å². The van der Waals surface area contributed by atoms with Crippen molar-refractivity contribution < 1.29 is 4.79 Å². The Labute approximate surface area is 174 Å². The smallest absolute Gasteiger partial charge is 0.263 e. The van der Waals surface area contributed by atoms with E-state index in [0.717, 1.165) is 29.0 Å². The summed E-state index contributed by atoms with van der Waals surface area (Å²) in [5.74, 6) is 0.299. The van der Waals surface area contributed by atoms with E-state index in [2.05, 4.69) is 23.8 Å². The lowest BCUT2D eigenvalue weighted by Crippen LogP contribution is -2.36. The molecule has 0 radical (unpaired) electrons. The molecule has 0 spiro atoms. The van der Waals surface area contributed by atoms with E-state index in [9.17, 15) is 9.59 Å². The van der Waals surface area contributed by atoms with Gasteiger partial charge in [0.2, 0.25) is 5.91 Å². The van der Waals surface area contributed by atoms with E-state index in [4.69, 9.17) is 0 Å². The number of hydrogen-bond acceptors (Lipinski definition) is 5. The van der Waals surface area contributed by atoms with Crippen molar-refractivity contribution in [2.45, 2.75) is 76.0 Å². The predicted molar refractivity (Wildman–Crippen MR) is 118 cm³/mol. The van der Waals surface area contributed by atoms with Crippen LogP contribution in [0.3, 0.4) is 0 Å². The van der Waals surface area contributed by atoms with Crippen molar-refractivity contribution in [2.24, 2.45) is 0 Å². The lowest BCUT2D eigenvalue weighted by Gasteiger charge is -2.21. The van der Waals surface area contributed by atoms with Crippen molar-refractivity contribution in [3.63, 3.8) is 0 Å². The molecule has 2 heterocycles. The molecular weight excluding hydrogens is 390 g/mol. The number of nitrogens with zero attached hydrogens (tertiary/aromatic N) is 2. The van der Waals surface area contributed by atoms with Gasteiger partial charge >= 0.3 is 0 Å². The second-order valence-electron chi connectivity index (χ2n) is 7.28. The van der Waals surface area contributed by atoms with E-state index in [1.165, 1.54) is 43.9 Å². The van der Waals surface area contributed by atoms with Crippen LogP contribution < -0.4 is 10.9 Å². The molecule has 2 aromatic rings. The van der Waals surface area contributed by atoms with Crippen molar-refractivity contribution >= 4 is 39.2 Å². The summed E-state index contributed by atoms with van der Waals surface area (Å²) in [6, 6.07) is 2.22. The molecule has 0 aliphatic heterocycles. The topological polar surface area (TPSA) is 64.0 Å². The molecule has 0 bridgehead atoms. The molecule has 1 fully saturated rings. The van der Waals surface area contributed by atoms with E-state index in [1.807, 2.05) is 6.07 Å². The summed E-state index contributed by atoms with van der Waals surface area (Å²) < 4.78 is 1.62. The highest BCUT2D eigenvalue weighted by molar-refractivity contribution is 7.99. The fourth-order valence-corrected chi connectivity index (χ4v) is 5.45. The highest BCUT2D eigenvalue weighted by Crippen LogP contribution is 2.25. The number of hydrogen-bond donors (Lipinski definition) is 1. The molecule has 1 aliphatic rings. The molecule has 152 valence electrons. The van der Waals surface area contributed by atoms with Crippen molar-refractivity contribution in [1.29, 1.82) is 0 Å². The first kappa shape index (κ1) is 21.1. The highest BCUT2D eigenvalue weighted by atomic mass is 32.2. The number of allylic oxidation sites excluding steroid dienone is 1. The van der Waals surface area contributed by atoms with Gasteiger partial charge < -0.3 is 5.32 Å². The van der Waals surface area contributed by atoms with Gasteiger partial charge in [0, 0.05) is 17.5 Å². The SMILES string of the molecule is C=CCn1c(SCC(=O)NC2CCCCCCC2)nc2sc(CC)cc2c1=O. The molecule has 3 rings (SSSR count). The molecule has 28 heavy (non-hydrogen) atoms. The summed E-state index contributed by atoms with van der Waals surface area (Å²) in [7, 11) is 0. The molecule has 5 nitrogen and oxygen atoms in total. The lowest BCUT2D eigenvalue weighted by atomic mass is 9.97. The van der Waals surface area contributed by atoms with E-state index in [-0.39, 0.29) is 23.3 Å². The van der Waals surface area contributed by atoms with Crippen LogP contribution in [0.15, 0.2) is 28.7 Å². The van der Waals surface area contributed by atoms with E-state index in [0.29, 0.717) is 17.1 Å². The Balaban J connectivity index is 1.71. The molecule has 1 aliphatic carbocycles. The minimum atomic E-state index is -0.0521. The molecule has 0 unspecified atom stereocenters. The third kappa shape index (κ3) is 5.26. The fraction of sp³-hybridized carbons (Fsp3) is 0.571. The minimum absolute atomic E-state index is 0.0236. The molecule has 1 N–H and O–H groups in total. The maximum atomic E-state index is 12.9. The number of thiophene rings is 1. The van der Waals surface area contributed by atoms with Gasteiger partial charge in [0.25, 0.3) is 5.56 Å². The zero-order valence-electron chi connectivity index (χ0n) is 16.5. The maximum Gasteiger partial charge on any atom is 0.263 e. The van der Waals surface area contributed by atoms with Crippen molar-refractivity contribution in [2.75, 3.05) is 5.75 Å². The number of fused-ring (bicyclic) bond motifs is 1. The Kier molecular flexibility index (Phi) is 7.73. The number of amides is 1. The first-order valence-corrected chi connectivity index (χ1v) is 12.0. The molecule has 2 aromatic heterocycles. The van der Waals surface area contributed by atoms with Gasteiger partial charge in [-0.3, -0.25) is 14.2 Å². The molecule has 0 atom stereocenters. The van der Waals surface area contributed by atoms with Crippen LogP contribution in [-0.2, 0) is 17.8 Å². The van der Waals surface area contributed by atoms with Crippen LogP contribution in [0.5, 0.6) is 0 Å². The van der Waals surface area contributed by atoms with Gasteiger partial charge in [0.1, 0.15) is 4.83 Å². The summed E-state index contributed by atoms with van der Waals surface area (Å²) in [6.45, 7) is 6.22. The van der Waals surface area contributed by atoms with Gasteiger partial charge in [-0.15, -0.1) is 17.9 Å². The number of rotatable bonds is 7. The highest BCUT2D eigenvalue weighted by Gasteiger charge is 2.17. The second kappa shape index (κ2) is 10.3. The monoisotopic (exact) mass is 419 g/mol. The number of aryl methyl sites for hydroxylation is 1.